The molecule has 6 heteroatoms. The smallest absolute Gasteiger partial charge is 0.313 e. The topological polar surface area (TPSA) is 63.1 Å². The fraction of sp³-hybridized carbons (Fsp3) is 0.154. The van der Waals surface area contributed by atoms with Crippen LogP contribution in [0, 0.1) is 6.92 Å². The molecular weight excluding hydrogens is 284 g/mol. The fourth-order valence-corrected chi connectivity index (χ4v) is 2.28. The van der Waals surface area contributed by atoms with E-state index in [2.05, 4.69) is 9.97 Å². The van der Waals surface area contributed by atoms with Crippen molar-refractivity contribution in [1.82, 2.24) is 9.97 Å². The molecule has 0 amide bonds. The summed E-state index contributed by atoms with van der Waals surface area (Å²) in [7, 11) is 0. The Morgan fingerprint density at radius 1 is 1.32 bits per heavy atom. The van der Waals surface area contributed by atoms with Gasteiger partial charge in [-0.1, -0.05) is 23.4 Å². The third kappa shape index (κ3) is 3.94. The second kappa shape index (κ2) is 6.04. The highest BCUT2D eigenvalue weighted by molar-refractivity contribution is 7.99. The summed E-state index contributed by atoms with van der Waals surface area (Å²) in [6.07, 6.45) is 0. The Balaban J connectivity index is 2.30. The van der Waals surface area contributed by atoms with Gasteiger partial charge < -0.3 is 5.11 Å². The quantitative estimate of drug-likeness (QED) is 0.692. The van der Waals surface area contributed by atoms with Crippen LogP contribution in [0.15, 0.2) is 35.4 Å². The van der Waals surface area contributed by atoms with Crippen LogP contribution < -0.4 is 0 Å². The van der Waals surface area contributed by atoms with E-state index in [0.29, 0.717) is 15.9 Å². The van der Waals surface area contributed by atoms with Crippen molar-refractivity contribution in [1.29, 1.82) is 0 Å². The van der Waals surface area contributed by atoms with Gasteiger partial charge in [-0.25, -0.2) is 9.97 Å². The SMILES string of the molecule is Cc1cc(SCC(=O)O)nc(-c2ccc(Cl)cc2)n1. The highest BCUT2D eigenvalue weighted by atomic mass is 35.5. The van der Waals surface area contributed by atoms with Crippen LogP contribution in [-0.4, -0.2) is 26.8 Å². The van der Waals surface area contributed by atoms with Gasteiger partial charge in [-0.3, -0.25) is 4.79 Å². The van der Waals surface area contributed by atoms with Crippen LogP contribution in [0.2, 0.25) is 5.02 Å². The third-order valence-electron chi connectivity index (χ3n) is 2.28. The van der Waals surface area contributed by atoms with Gasteiger partial charge in [-0.05, 0) is 37.3 Å². The molecule has 2 aromatic rings. The van der Waals surface area contributed by atoms with Crippen molar-refractivity contribution >= 4 is 29.3 Å². The lowest BCUT2D eigenvalue weighted by Gasteiger charge is -2.05. The second-order valence-corrected chi connectivity index (χ2v) is 5.29. The van der Waals surface area contributed by atoms with Crippen LogP contribution in [-0.2, 0) is 4.79 Å². The number of halogens is 1. The number of hydrogen-bond acceptors (Lipinski definition) is 4. The molecule has 1 aromatic heterocycles. The summed E-state index contributed by atoms with van der Waals surface area (Å²) < 4.78 is 0. The molecule has 0 radical (unpaired) electrons. The Kier molecular flexibility index (Phi) is 4.39. The normalized spacial score (nSPS) is 10.4. The summed E-state index contributed by atoms with van der Waals surface area (Å²) in [5, 5.41) is 9.98. The van der Waals surface area contributed by atoms with Gasteiger partial charge in [0.05, 0.1) is 5.75 Å². The molecule has 0 aliphatic heterocycles. The minimum atomic E-state index is -0.866. The summed E-state index contributed by atoms with van der Waals surface area (Å²) in [5.74, 6) is -0.310. The van der Waals surface area contributed by atoms with Crippen LogP contribution >= 0.6 is 23.4 Å². The number of thioether (sulfide) groups is 1. The van der Waals surface area contributed by atoms with E-state index in [1.165, 1.54) is 11.8 Å². The summed E-state index contributed by atoms with van der Waals surface area (Å²) in [4.78, 5) is 19.3. The Morgan fingerprint density at radius 3 is 2.63 bits per heavy atom. The van der Waals surface area contributed by atoms with Crippen LogP contribution in [0.3, 0.4) is 0 Å². The first-order valence-corrected chi connectivity index (χ1v) is 6.87. The fourth-order valence-electron chi connectivity index (χ4n) is 1.48. The number of carbonyl (C=O) groups is 1. The van der Waals surface area contributed by atoms with Crippen molar-refractivity contribution in [3.63, 3.8) is 0 Å². The van der Waals surface area contributed by atoms with E-state index in [-0.39, 0.29) is 5.75 Å². The molecule has 0 fully saturated rings. The Morgan fingerprint density at radius 2 is 2.00 bits per heavy atom. The predicted octanol–water partition coefficient (Wildman–Crippen LogP) is 3.28. The molecule has 0 atom stereocenters. The molecule has 0 spiro atoms. The molecular formula is C13H11ClN2O2S. The number of carboxylic acid groups (broad SMARTS) is 1. The van der Waals surface area contributed by atoms with E-state index in [0.717, 1.165) is 11.3 Å². The first kappa shape index (κ1) is 13.8. The van der Waals surface area contributed by atoms with Gasteiger partial charge in [0.1, 0.15) is 5.03 Å². The molecule has 19 heavy (non-hydrogen) atoms. The van der Waals surface area contributed by atoms with E-state index in [1.54, 1.807) is 18.2 Å². The summed E-state index contributed by atoms with van der Waals surface area (Å²) >= 11 is 7.01. The minimum Gasteiger partial charge on any atom is -0.481 e. The third-order valence-corrected chi connectivity index (χ3v) is 3.42. The van der Waals surface area contributed by atoms with E-state index in [1.807, 2.05) is 19.1 Å². The minimum absolute atomic E-state index is 0.0174. The van der Waals surface area contributed by atoms with Crippen molar-refractivity contribution in [3.05, 3.63) is 41.0 Å². The Bertz CT molecular complexity index is 602. The van der Waals surface area contributed by atoms with Gasteiger partial charge in [-0.2, -0.15) is 0 Å². The van der Waals surface area contributed by atoms with Gasteiger partial charge in [-0.15, -0.1) is 0 Å². The zero-order valence-corrected chi connectivity index (χ0v) is 11.7. The summed E-state index contributed by atoms with van der Waals surface area (Å²) in [6, 6.07) is 8.98. The molecule has 1 heterocycles. The van der Waals surface area contributed by atoms with Crippen molar-refractivity contribution < 1.29 is 9.90 Å². The van der Waals surface area contributed by atoms with Crippen molar-refractivity contribution in [2.45, 2.75) is 11.9 Å². The van der Waals surface area contributed by atoms with Gasteiger partial charge >= 0.3 is 5.97 Å². The van der Waals surface area contributed by atoms with E-state index >= 15 is 0 Å². The van der Waals surface area contributed by atoms with Gasteiger partial charge in [0, 0.05) is 16.3 Å². The summed E-state index contributed by atoms with van der Waals surface area (Å²) in [5.41, 5.74) is 1.65. The summed E-state index contributed by atoms with van der Waals surface area (Å²) in [6.45, 7) is 1.85. The number of benzene rings is 1. The first-order chi connectivity index (χ1) is 9.04. The molecule has 98 valence electrons. The largest absolute Gasteiger partial charge is 0.481 e. The first-order valence-electron chi connectivity index (χ1n) is 5.51. The van der Waals surface area contributed by atoms with E-state index < -0.39 is 5.97 Å². The number of aromatic nitrogens is 2. The number of carboxylic acids is 1. The molecule has 0 unspecified atom stereocenters. The second-order valence-electron chi connectivity index (χ2n) is 3.86. The van der Waals surface area contributed by atoms with E-state index in [4.69, 9.17) is 16.7 Å². The van der Waals surface area contributed by atoms with Crippen LogP contribution in [0.4, 0.5) is 0 Å². The molecule has 1 aromatic carbocycles. The highest BCUT2D eigenvalue weighted by Gasteiger charge is 2.07. The maximum Gasteiger partial charge on any atom is 0.313 e. The highest BCUT2D eigenvalue weighted by Crippen LogP contribution is 2.22. The monoisotopic (exact) mass is 294 g/mol. The number of hydrogen-bond donors (Lipinski definition) is 1. The zero-order valence-electron chi connectivity index (χ0n) is 10.1. The lowest BCUT2D eigenvalue weighted by molar-refractivity contribution is -0.133. The maximum absolute atomic E-state index is 10.6. The van der Waals surface area contributed by atoms with Crippen molar-refractivity contribution in [2.24, 2.45) is 0 Å². The Labute approximate surface area is 119 Å². The lowest BCUT2D eigenvalue weighted by Crippen LogP contribution is -2.00. The Hall–Kier alpha value is -1.59. The van der Waals surface area contributed by atoms with Gasteiger partial charge in [0.15, 0.2) is 5.82 Å². The standard InChI is InChI=1S/C13H11ClN2O2S/c1-8-6-11(19-7-12(17)18)16-13(15-8)9-2-4-10(14)5-3-9/h2-6H,7H2,1H3,(H,17,18). The van der Waals surface area contributed by atoms with Crippen molar-refractivity contribution in [2.75, 3.05) is 5.75 Å². The predicted molar refractivity (Wildman–Crippen MR) is 75.6 cm³/mol. The average Bonchev–Trinajstić information content (AvgIpc) is 2.36. The number of aliphatic carboxylic acids is 1. The molecule has 2 rings (SSSR count). The average molecular weight is 295 g/mol. The van der Waals surface area contributed by atoms with Gasteiger partial charge in [0.25, 0.3) is 0 Å². The van der Waals surface area contributed by atoms with Crippen molar-refractivity contribution in [3.8, 4) is 11.4 Å². The van der Waals surface area contributed by atoms with Gasteiger partial charge in [0.2, 0.25) is 0 Å². The molecule has 0 aliphatic rings. The molecule has 4 nitrogen and oxygen atoms in total. The van der Waals surface area contributed by atoms with E-state index in [9.17, 15) is 4.79 Å². The zero-order chi connectivity index (χ0) is 13.8. The maximum atomic E-state index is 10.6. The number of rotatable bonds is 4. The van der Waals surface area contributed by atoms with Crippen LogP contribution in [0.5, 0.6) is 0 Å². The molecule has 1 N–H and O–H groups in total. The molecule has 0 saturated heterocycles. The number of aryl methyl sites for hydroxylation is 1. The molecule has 0 bridgehead atoms. The number of nitrogens with zero attached hydrogens (tertiary/aromatic N) is 2. The lowest BCUT2D eigenvalue weighted by atomic mass is 10.2. The van der Waals surface area contributed by atoms with Crippen LogP contribution in [0.1, 0.15) is 5.69 Å². The molecule has 0 saturated carbocycles. The molecule has 0 aliphatic carbocycles. The van der Waals surface area contributed by atoms with Crippen LogP contribution in [0.25, 0.3) is 11.4 Å².